The molecule has 0 saturated heterocycles. The molecule has 3 heteroatoms. The third-order valence-corrected chi connectivity index (χ3v) is 2.79. The van der Waals surface area contributed by atoms with Crippen LogP contribution in [0.15, 0.2) is 47.6 Å². The fraction of sp³-hybridized carbons (Fsp3) is 0.188. The topological polar surface area (TPSA) is 41.8 Å². The summed E-state index contributed by atoms with van der Waals surface area (Å²) in [5.41, 5.74) is 4.34. The van der Waals surface area contributed by atoms with Crippen LogP contribution in [0, 0.1) is 13.8 Å². The first-order valence-electron chi connectivity index (χ1n) is 6.15. The van der Waals surface area contributed by atoms with Gasteiger partial charge in [0.2, 0.25) is 0 Å². The molecular weight excluding hydrogens is 238 g/mol. The summed E-state index contributed by atoms with van der Waals surface area (Å²) in [5, 5.41) is 11.7. The second kappa shape index (κ2) is 6.05. The quantitative estimate of drug-likeness (QED) is 0.514. The molecule has 2 rings (SSSR count). The highest BCUT2D eigenvalue weighted by molar-refractivity contribution is 5.82. The Morgan fingerprint density at radius 2 is 1.79 bits per heavy atom. The molecule has 3 nitrogen and oxygen atoms in total. The van der Waals surface area contributed by atoms with Gasteiger partial charge in [-0.2, -0.15) is 0 Å². The van der Waals surface area contributed by atoms with E-state index in [0.717, 1.165) is 11.1 Å². The van der Waals surface area contributed by atoms with Gasteiger partial charge < -0.3 is 9.94 Å². The predicted octanol–water partition coefficient (Wildman–Crippen LogP) is 3.69. The zero-order valence-electron chi connectivity index (χ0n) is 11.1. The lowest BCUT2D eigenvalue weighted by molar-refractivity contribution is 0.304. The third kappa shape index (κ3) is 3.58. The predicted molar refractivity (Wildman–Crippen MR) is 76.1 cm³/mol. The molecule has 0 aromatic heterocycles. The number of hydrogen-bond acceptors (Lipinski definition) is 3. The van der Waals surface area contributed by atoms with Crippen LogP contribution in [0.3, 0.4) is 0 Å². The number of aryl methyl sites for hydroxylation is 2. The first kappa shape index (κ1) is 13.1. The van der Waals surface area contributed by atoms with Gasteiger partial charge >= 0.3 is 0 Å². The van der Waals surface area contributed by atoms with Crippen molar-refractivity contribution in [1.82, 2.24) is 0 Å². The monoisotopic (exact) mass is 255 g/mol. The molecule has 0 heterocycles. The lowest BCUT2D eigenvalue weighted by Gasteiger charge is -2.10. The van der Waals surface area contributed by atoms with Gasteiger partial charge in [-0.3, -0.25) is 0 Å². The molecule has 1 N–H and O–H groups in total. The first-order chi connectivity index (χ1) is 9.19. The van der Waals surface area contributed by atoms with E-state index in [0.29, 0.717) is 12.4 Å². The van der Waals surface area contributed by atoms with Gasteiger partial charge in [-0.25, -0.2) is 0 Å². The SMILES string of the molecule is Cc1cc(C)cc(COc2ccccc2/C=N\O)c1. The molecule has 0 atom stereocenters. The molecule has 0 spiro atoms. The van der Waals surface area contributed by atoms with Crippen LogP contribution < -0.4 is 4.74 Å². The molecular formula is C16H17NO2. The van der Waals surface area contributed by atoms with E-state index < -0.39 is 0 Å². The van der Waals surface area contributed by atoms with Gasteiger partial charge in [0, 0.05) is 5.56 Å². The Bertz CT molecular complexity index is 571. The van der Waals surface area contributed by atoms with Crippen LogP contribution in [0.5, 0.6) is 5.75 Å². The van der Waals surface area contributed by atoms with E-state index in [1.165, 1.54) is 17.3 Å². The molecule has 19 heavy (non-hydrogen) atoms. The van der Waals surface area contributed by atoms with Gasteiger partial charge in [0.15, 0.2) is 0 Å². The lowest BCUT2D eigenvalue weighted by atomic mass is 10.1. The van der Waals surface area contributed by atoms with Crippen molar-refractivity contribution in [3.63, 3.8) is 0 Å². The second-order valence-electron chi connectivity index (χ2n) is 4.57. The van der Waals surface area contributed by atoms with Crippen LogP contribution in [0.4, 0.5) is 0 Å². The highest BCUT2D eigenvalue weighted by Crippen LogP contribution is 2.18. The van der Waals surface area contributed by atoms with Gasteiger partial charge in [0.1, 0.15) is 12.4 Å². The third-order valence-electron chi connectivity index (χ3n) is 2.79. The fourth-order valence-corrected chi connectivity index (χ4v) is 2.09. The first-order valence-corrected chi connectivity index (χ1v) is 6.15. The largest absolute Gasteiger partial charge is 0.488 e. The highest BCUT2D eigenvalue weighted by Gasteiger charge is 2.02. The van der Waals surface area contributed by atoms with Crippen molar-refractivity contribution in [2.75, 3.05) is 0 Å². The Morgan fingerprint density at radius 3 is 2.47 bits per heavy atom. The smallest absolute Gasteiger partial charge is 0.128 e. The minimum Gasteiger partial charge on any atom is -0.488 e. The van der Waals surface area contributed by atoms with Gasteiger partial charge in [-0.05, 0) is 31.5 Å². The average Bonchev–Trinajstić information content (AvgIpc) is 2.37. The minimum absolute atomic E-state index is 0.499. The number of benzene rings is 2. The number of nitrogens with zero attached hydrogens (tertiary/aromatic N) is 1. The number of oxime groups is 1. The molecule has 0 radical (unpaired) electrons. The summed E-state index contributed by atoms with van der Waals surface area (Å²) in [7, 11) is 0. The van der Waals surface area contributed by atoms with Gasteiger partial charge in [-0.1, -0.05) is 46.6 Å². The van der Waals surface area contributed by atoms with Crippen molar-refractivity contribution in [3.05, 3.63) is 64.7 Å². The van der Waals surface area contributed by atoms with E-state index in [9.17, 15) is 0 Å². The molecule has 0 aliphatic rings. The van der Waals surface area contributed by atoms with Crippen molar-refractivity contribution in [2.24, 2.45) is 5.16 Å². The summed E-state index contributed by atoms with van der Waals surface area (Å²) in [6.45, 7) is 4.64. The van der Waals surface area contributed by atoms with Crippen LogP contribution in [0.2, 0.25) is 0 Å². The zero-order chi connectivity index (χ0) is 13.7. The molecule has 0 unspecified atom stereocenters. The van der Waals surface area contributed by atoms with E-state index >= 15 is 0 Å². The number of hydrogen-bond donors (Lipinski definition) is 1. The molecule has 0 amide bonds. The standard InChI is InChI=1S/C16H17NO2/c1-12-7-13(2)9-14(8-12)11-19-16-6-4-3-5-15(16)10-17-18/h3-10,18H,11H2,1-2H3/b17-10-. The van der Waals surface area contributed by atoms with Crippen molar-refractivity contribution in [2.45, 2.75) is 20.5 Å². The molecule has 0 fully saturated rings. The number of rotatable bonds is 4. The van der Waals surface area contributed by atoms with Crippen LogP contribution >= 0.6 is 0 Å². The van der Waals surface area contributed by atoms with Gasteiger partial charge in [-0.15, -0.1) is 0 Å². The summed E-state index contributed by atoms with van der Waals surface area (Å²) < 4.78 is 5.78. The number of ether oxygens (including phenoxy) is 1. The lowest BCUT2D eigenvalue weighted by Crippen LogP contribution is -1.99. The van der Waals surface area contributed by atoms with E-state index in [2.05, 4.69) is 37.2 Å². The maximum atomic E-state index is 8.62. The van der Waals surface area contributed by atoms with Crippen molar-refractivity contribution in [3.8, 4) is 5.75 Å². The summed E-state index contributed by atoms with van der Waals surface area (Å²) in [4.78, 5) is 0. The van der Waals surface area contributed by atoms with Crippen LogP contribution in [0.1, 0.15) is 22.3 Å². The van der Waals surface area contributed by atoms with E-state index in [-0.39, 0.29) is 0 Å². The number of para-hydroxylation sites is 1. The summed E-state index contributed by atoms with van der Waals surface area (Å²) in [6.07, 6.45) is 1.37. The zero-order valence-corrected chi connectivity index (χ0v) is 11.1. The van der Waals surface area contributed by atoms with Crippen molar-refractivity contribution in [1.29, 1.82) is 0 Å². The Labute approximate surface area is 113 Å². The summed E-state index contributed by atoms with van der Waals surface area (Å²) in [5.74, 6) is 0.708. The minimum atomic E-state index is 0.499. The van der Waals surface area contributed by atoms with E-state index in [1.54, 1.807) is 0 Å². The van der Waals surface area contributed by atoms with Crippen molar-refractivity contribution >= 4 is 6.21 Å². The molecule has 2 aromatic rings. The van der Waals surface area contributed by atoms with E-state index in [1.807, 2.05) is 24.3 Å². The Balaban J connectivity index is 2.14. The molecule has 0 aliphatic carbocycles. The maximum absolute atomic E-state index is 8.62. The highest BCUT2D eigenvalue weighted by atomic mass is 16.5. The molecule has 0 aliphatic heterocycles. The molecule has 2 aromatic carbocycles. The van der Waals surface area contributed by atoms with Crippen LogP contribution in [0.25, 0.3) is 0 Å². The average molecular weight is 255 g/mol. The second-order valence-corrected chi connectivity index (χ2v) is 4.57. The van der Waals surface area contributed by atoms with Crippen LogP contribution in [-0.2, 0) is 6.61 Å². The Kier molecular flexibility index (Phi) is 4.18. The van der Waals surface area contributed by atoms with Gasteiger partial charge in [0.25, 0.3) is 0 Å². The molecule has 0 saturated carbocycles. The van der Waals surface area contributed by atoms with Crippen LogP contribution in [-0.4, -0.2) is 11.4 Å². The molecule has 0 bridgehead atoms. The summed E-state index contributed by atoms with van der Waals surface area (Å²) >= 11 is 0. The maximum Gasteiger partial charge on any atom is 0.128 e. The molecule has 98 valence electrons. The van der Waals surface area contributed by atoms with E-state index in [4.69, 9.17) is 9.94 Å². The Hall–Kier alpha value is -2.29. The van der Waals surface area contributed by atoms with Crippen molar-refractivity contribution < 1.29 is 9.94 Å². The normalized spacial score (nSPS) is 10.8. The fourth-order valence-electron chi connectivity index (χ4n) is 2.09. The Morgan fingerprint density at radius 1 is 1.11 bits per heavy atom. The van der Waals surface area contributed by atoms with Gasteiger partial charge in [0.05, 0.1) is 6.21 Å². The summed E-state index contributed by atoms with van der Waals surface area (Å²) in [6, 6.07) is 13.8.